The molecule has 0 saturated heterocycles. The van der Waals surface area contributed by atoms with Crippen molar-refractivity contribution in [3.8, 4) is 0 Å². The Hall–Kier alpha value is -0.0800. The van der Waals surface area contributed by atoms with E-state index >= 15 is 0 Å². The van der Waals surface area contributed by atoms with E-state index in [-0.39, 0.29) is 11.1 Å². The quantitative estimate of drug-likeness (QED) is 0.657. The Labute approximate surface area is 75.5 Å². The molecule has 12 heavy (non-hydrogen) atoms. The number of hydrogen-bond acceptors (Lipinski definition) is 2. The van der Waals surface area contributed by atoms with Crippen molar-refractivity contribution in [2.75, 3.05) is 6.61 Å². The lowest BCUT2D eigenvalue weighted by Crippen LogP contribution is -2.24. The number of nitrogens with two attached hydrogens (primary N) is 1. The molecule has 1 saturated carbocycles. The van der Waals surface area contributed by atoms with Crippen molar-refractivity contribution < 1.29 is 4.74 Å². The minimum absolute atomic E-state index is 0.00527. The fraction of sp³-hybridized carbons (Fsp3) is 1.00. The third kappa shape index (κ3) is 4.07. The van der Waals surface area contributed by atoms with E-state index in [0.717, 1.165) is 19.4 Å². The van der Waals surface area contributed by atoms with Gasteiger partial charge >= 0.3 is 0 Å². The number of hydrogen-bond donors (Lipinski definition) is 1. The predicted octanol–water partition coefficient (Wildman–Crippen LogP) is 2.07. The molecule has 0 unspecified atom stereocenters. The van der Waals surface area contributed by atoms with Crippen LogP contribution in [0.25, 0.3) is 0 Å². The lowest BCUT2D eigenvalue weighted by Gasteiger charge is -2.20. The Morgan fingerprint density at radius 1 is 1.33 bits per heavy atom. The maximum absolute atomic E-state index is 5.94. The van der Waals surface area contributed by atoms with Crippen LogP contribution in [0.2, 0.25) is 0 Å². The van der Waals surface area contributed by atoms with Gasteiger partial charge in [-0.3, -0.25) is 0 Å². The van der Waals surface area contributed by atoms with Gasteiger partial charge in [0.1, 0.15) is 0 Å². The van der Waals surface area contributed by atoms with Crippen LogP contribution in [0.15, 0.2) is 0 Å². The fourth-order valence-electron chi connectivity index (χ4n) is 1.21. The lowest BCUT2D eigenvalue weighted by molar-refractivity contribution is -0.00533. The standard InChI is InChI=1S/C10H21NO/c1-9(2,3)12-8-4-5-10(11)6-7-10/h4-8,11H2,1-3H3. The molecular weight excluding hydrogens is 150 g/mol. The first-order valence-electron chi connectivity index (χ1n) is 4.84. The zero-order valence-corrected chi connectivity index (χ0v) is 8.52. The summed E-state index contributed by atoms with van der Waals surface area (Å²) in [5.41, 5.74) is 6.14. The molecule has 0 radical (unpaired) electrons. The van der Waals surface area contributed by atoms with Crippen molar-refractivity contribution in [3.63, 3.8) is 0 Å². The summed E-state index contributed by atoms with van der Waals surface area (Å²) in [7, 11) is 0. The van der Waals surface area contributed by atoms with Gasteiger partial charge in [0, 0.05) is 12.1 Å². The van der Waals surface area contributed by atoms with Gasteiger partial charge in [-0.25, -0.2) is 0 Å². The Bertz CT molecular complexity index is 137. The second-order valence-corrected chi connectivity index (χ2v) is 4.93. The van der Waals surface area contributed by atoms with E-state index in [1.165, 1.54) is 12.8 Å². The molecule has 0 aromatic heterocycles. The molecule has 1 rings (SSSR count). The molecule has 0 bridgehead atoms. The molecule has 1 aliphatic rings. The number of rotatable bonds is 4. The molecule has 2 heteroatoms. The lowest BCUT2D eigenvalue weighted by atomic mass is 10.1. The van der Waals surface area contributed by atoms with Gasteiger partial charge in [0.25, 0.3) is 0 Å². The Kier molecular flexibility index (Phi) is 2.79. The number of ether oxygens (including phenoxy) is 1. The second kappa shape index (κ2) is 3.35. The first-order chi connectivity index (χ1) is 5.41. The molecule has 0 aliphatic heterocycles. The summed E-state index contributed by atoms with van der Waals surface area (Å²) in [6.07, 6.45) is 4.65. The average Bonchev–Trinajstić information content (AvgIpc) is 2.60. The van der Waals surface area contributed by atoms with Gasteiger partial charge in [-0.2, -0.15) is 0 Å². The van der Waals surface area contributed by atoms with E-state index in [9.17, 15) is 0 Å². The molecule has 0 atom stereocenters. The average molecular weight is 171 g/mol. The highest BCUT2D eigenvalue weighted by atomic mass is 16.5. The van der Waals surface area contributed by atoms with E-state index in [2.05, 4.69) is 20.8 Å². The summed E-state index contributed by atoms with van der Waals surface area (Å²) < 4.78 is 5.60. The van der Waals surface area contributed by atoms with Crippen molar-refractivity contribution >= 4 is 0 Å². The van der Waals surface area contributed by atoms with Crippen LogP contribution in [0.1, 0.15) is 46.5 Å². The van der Waals surface area contributed by atoms with Crippen molar-refractivity contribution in [1.29, 1.82) is 0 Å². The first kappa shape index (κ1) is 10.0. The molecule has 2 N–H and O–H groups in total. The summed E-state index contributed by atoms with van der Waals surface area (Å²) in [5.74, 6) is 0. The van der Waals surface area contributed by atoms with Crippen molar-refractivity contribution in [1.82, 2.24) is 0 Å². The molecule has 1 fully saturated rings. The van der Waals surface area contributed by atoms with Crippen LogP contribution >= 0.6 is 0 Å². The smallest absolute Gasteiger partial charge is 0.0598 e. The summed E-state index contributed by atoms with van der Waals surface area (Å²) in [5, 5.41) is 0. The summed E-state index contributed by atoms with van der Waals surface area (Å²) in [6, 6.07) is 0. The molecule has 0 heterocycles. The maximum atomic E-state index is 5.94. The van der Waals surface area contributed by atoms with E-state index in [1.54, 1.807) is 0 Å². The van der Waals surface area contributed by atoms with E-state index in [1.807, 2.05) is 0 Å². The minimum Gasteiger partial charge on any atom is -0.376 e. The fourth-order valence-corrected chi connectivity index (χ4v) is 1.21. The molecule has 2 nitrogen and oxygen atoms in total. The van der Waals surface area contributed by atoms with E-state index < -0.39 is 0 Å². The van der Waals surface area contributed by atoms with Crippen LogP contribution in [0.4, 0.5) is 0 Å². The molecule has 72 valence electrons. The minimum atomic E-state index is 0.00527. The van der Waals surface area contributed by atoms with Crippen LogP contribution < -0.4 is 5.73 Å². The van der Waals surface area contributed by atoms with Gasteiger partial charge < -0.3 is 10.5 Å². The molecular formula is C10H21NO. The second-order valence-electron chi connectivity index (χ2n) is 4.93. The van der Waals surface area contributed by atoms with Gasteiger partial charge in [-0.05, 0) is 46.5 Å². The first-order valence-corrected chi connectivity index (χ1v) is 4.84. The van der Waals surface area contributed by atoms with Gasteiger partial charge in [-0.15, -0.1) is 0 Å². The monoisotopic (exact) mass is 171 g/mol. The van der Waals surface area contributed by atoms with Gasteiger partial charge in [0.2, 0.25) is 0 Å². The topological polar surface area (TPSA) is 35.2 Å². The van der Waals surface area contributed by atoms with Crippen LogP contribution in [0.3, 0.4) is 0 Å². The summed E-state index contributed by atoms with van der Waals surface area (Å²) in [4.78, 5) is 0. The Morgan fingerprint density at radius 2 is 1.92 bits per heavy atom. The van der Waals surface area contributed by atoms with Crippen molar-refractivity contribution in [2.24, 2.45) is 5.73 Å². The summed E-state index contributed by atoms with van der Waals surface area (Å²) >= 11 is 0. The molecule has 1 aliphatic carbocycles. The highest BCUT2D eigenvalue weighted by Crippen LogP contribution is 2.36. The highest BCUT2D eigenvalue weighted by molar-refractivity contribution is 4.98. The van der Waals surface area contributed by atoms with Crippen molar-refractivity contribution in [2.45, 2.75) is 57.6 Å². The van der Waals surface area contributed by atoms with Crippen LogP contribution in [0, 0.1) is 0 Å². The Balaban J connectivity index is 1.96. The third-order valence-corrected chi connectivity index (χ3v) is 2.25. The molecule has 0 aromatic rings. The van der Waals surface area contributed by atoms with Crippen LogP contribution in [-0.4, -0.2) is 17.7 Å². The van der Waals surface area contributed by atoms with Crippen LogP contribution in [-0.2, 0) is 4.74 Å². The molecule has 0 spiro atoms. The van der Waals surface area contributed by atoms with Gasteiger partial charge in [-0.1, -0.05) is 0 Å². The zero-order chi connectivity index (χ0) is 9.24. The predicted molar refractivity (Wildman–Crippen MR) is 51.1 cm³/mol. The van der Waals surface area contributed by atoms with Gasteiger partial charge in [0.05, 0.1) is 5.60 Å². The third-order valence-electron chi connectivity index (χ3n) is 2.25. The van der Waals surface area contributed by atoms with Crippen molar-refractivity contribution in [3.05, 3.63) is 0 Å². The Morgan fingerprint density at radius 3 is 2.33 bits per heavy atom. The highest BCUT2D eigenvalue weighted by Gasteiger charge is 2.37. The SMILES string of the molecule is CC(C)(C)OCCCC1(N)CC1. The molecule has 0 aromatic carbocycles. The largest absolute Gasteiger partial charge is 0.376 e. The summed E-state index contributed by atoms with van der Waals surface area (Å²) in [6.45, 7) is 7.11. The maximum Gasteiger partial charge on any atom is 0.0598 e. The van der Waals surface area contributed by atoms with Crippen LogP contribution in [0.5, 0.6) is 0 Å². The normalized spacial score (nSPS) is 21.0. The molecule has 0 amide bonds. The van der Waals surface area contributed by atoms with Gasteiger partial charge in [0.15, 0.2) is 0 Å². The van der Waals surface area contributed by atoms with E-state index in [0.29, 0.717) is 0 Å². The zero-order valence-electron chi connectivity index (χ0n) is 8.52. The van der Waals surface area contributed by atoms with E-state index in [4.69, 9.17) is 10.5 Å².